The van der Waals surface area contributed by atoms with Crippen LogP contribution in [-0.4, -0.2) is 30.4 Å². The molecule has 1 atom stereocenters. The van der Waals surface area contributed by atoms with Gasteiger partial charge in [0.15, 0.2) is 0 Å². The maximum absolute atomic E-state index is 11.7. The Bertz CT molecular complexity index is 494. The highest BCUT2D eigenvalue weighted by Crippen LogP contribution is 2.21. The van der Waals surface area contributed by atoms with E-state index in [2.05, 4.69) is 24.0 Å². The Morgan fingerprint density at radius 2 is 2.16 bits per heavy atom. The summed E-state index contributed by atoms with van der Waals surface area (Å²) >= 11 is 0. The molecule has 0 aliphatic carbocycles. The highest BCUT2D eigenvalue weighted by atomic mass is 16.5. The van der Waals surface area contributed by atoms with Crippen LogP contribution >= 0.6 is 0 Å². The first-order chi connectivity index (χ1) is 9.22. The Morgan fingerprint density at radius 1 is 1.42 bits per heavy atom. The zero-order valence-electron chi connectivity index (χ0n) is 11.2. The van der Waals surface area contributed by atoms with Crippen molar-refractivity contribution in [3.8, 4) is 0 Å². The molecule has 0 radical (unpaired) electrons. The van der Waals surface area contributed by atoms with E-state index in [-0.39, 0.29) is 12.0 Å². The molecule has 19 heavy (non-hydrogen) atoms. The Hall–Kier alpha value is -2.10. The largest absolute Gasteiger partial charge is 0.463 e. The summed E-state index contributed by atoms with van der Waals surface area (Å²) in [5.74, 6) is -0.287. The fraction of sp³-hybridized carbons (Fsp3) is 0.333. The summed E-state index contributed by atoms with van der Waals surface area (Å²) in [7, 11) is 0. The number of nitrogens with zero attached hydrogens (tertiary/aromatic N) is 2. The first kappa shape index (κ1) is 13.3. The number of carbonyl (C=O) groups is 1. The van der Waals surface area contributed by atoms with Gasteiger partial charge in [-0.15, -0.1) is 0 Å². The standard InChI is InChI=1S/C15H18N2O2/c1-3-19-15(18)14-9-16-11-17(10-14)12(2)13-7-5-4-6-8-13/h4-9,11-12H,3,10H2,1-2H3/t12-/m1/s1. The molecule has 0 aromatic heterocycles. The molecule has 1 aliphatic rings. The first-order valence-electron chi connectivity index (χ1n) is 6.42. The lowest BCUT2D eigenvalue weighted by atomic mass is 10.1. The van der Waals surface area contributed by atoms with Crippen molar-refractivity contribution < 1.29 is 9.53 Å². The Morgan fingerprint density at radius 3 is 2.84 bits per heavy atom. The molecule has 1 aliphatic heterocycles. The fourth-order valence-electron chi connectivity index (χ4n) is 1.99. The van der Waals surface area contributed by atoms with Crippen molar-refractivity contribution in [2.75, 3.05) is 13.2 Å². The second kappa shape index (κ2) is 6.18. The molecular formula is C15H18N2O2. The van der Waals surface area contributed by atoms with Gasteiger partial charge in [0, 0.05) is 6.20 Å². The van der Waals surface area contributed by atoms with E-state index in [0.717, 1.165) is 0 Å². The molecule has 0 unspecified atom stereocenters. The lowest BCUT2D eigenvalue weighted by Crippen LogP contribution is -2.32. The van der Waals surface area contributed by atoms with E-state index in [0.29, 0.717) is 18.7 Å². The summed E-state index contributed by atoms with van der Waals surface area (Å²) in [6.45, 7) is 4.80. The van der Waals surface area contributed by atoms with Crippen molar-refractivity contribution in [1.82, 2.24) is 4.90 Å². The average molecular weight is 258 g/mol. The molecule has 4 heteroatoms. The van der Waals surface area contributed by atoms with Gasteiger partial charge in [0.1, 0.15) is 0 Å². The van der Waals surface area contributed by atoms with Crippen LogP contribution in [0.15, 0.2) is 47.1 Å². The van der Waals surface area contributed by atoms with Crippen molar-refractivity contribution >= 4 is 12.3 Å². The monoisotopic (exact) mass is 258 g/mol. The Labute approximate surface area is 113 Å². The number of aliphatic imine (C=N–C) groups is 1. The number of carbonyl (C=O) groups excluding carboxylic acids is 1. The smallest absolute Gasteiger partial charge is 0.337 e. The molecule has 100 valence electrons. The third-order valence-corrected chi connectivity index (χ3v) is 3.12. The molecular weight excluding hydrogens is 240 g/mol. The molecule has 0 saturated heterocycles. The predicted molar refractivity (Wildman–Crippen MR) is 74.8 cm³/mol. The Kier molecular flexibility index (Phi) is 4.34. The van der Waals surface area contributed by atoms with Crippen molar-refractivity contribution in [2.24, 2.45) is 4.99 Å². The van der Waals surface area contributed by atoms with Crippen molar-refractivity contribution in [3.05, 3.63) is 47.7 Å². The maximum Gasteiger partial charge on any atom is 0.337 e. The summed E-state index contributed by atoms with van der Waals surface area (Å²) in [4.78, 5) is 17.9. The third kappa shape index (κ3) is 3.22. The van der Waals surface area contributed by atoms with Gasteiger partial charge in [-0.25, -0.2) is 9.79 Å². The van der Waals surface area contributed by atoms with E-state index >= 15 is 0 Å². The van der Waals surface area contributed by atoms with E-state index < -0.39 is 0 Å². The predicted octanol–water partition coefficient (Wildman–Crippen LogP) is 2.54. The number of hydrogen-bond acceptors (Lipinski definition) is 4. The van der Waals surface area contributed by atoms with Crippen molar-refractivity contribution in [3.63, 3.8) is 0 Å². The molecule has 0 saturated carbocycles. The molecule has 0 fully saturated rings. The van der Waals surface area contributed by atoms with Crippen LogP contribution in [-0.2, 0) is 9.53 Å². The quantitative estimate of drug-likeness (QED) is 0.779. The third-order valence-electron chi connectivity index (χ3n) is 3.12. The lowest BCUT2D eigenvalue weighted by Gasteiger charge is -2.29. The number of esters is 1. The number of rotatable bonds is 4. The molecule has 0 N–H and O–H groups in total. The van der Waals surface area contributed by atoms with Gasteiger partial charge in [0.25, 0.3) is 0 Å². The van der Waals surface area contributed by atoms with Gasteiger partial charge < -0.3 is 9.64 Å². The summed E-state index contributed by atoms with van der Waals surface area (Å²) in [6, 6.07) is 10.3. The lowest BCUT2D eigenvalue weighted by molar-refractivity contribution is -0.138. The van der Waals surface area contributed by atoms with Crippen LogP contribution in [0.4, 0.5) is 0 Å². The summed E-state index contributed by atoms with van der Waals surface area (Å²) < 4.78 is 5.01. The maximum atomic E-state index is 11.7. The molecule has 0 amide bonds. The van der Waals surface area contributed by atoms with Gasteiger partial charge in [-0.1, -0.05) is 30.3 Å². The van der Waals surface area contributed by atoms with Gasteiger partial charge >= 0.3 is 5.97 Å². The van der Waals surface area contributed by atoms with E-state index in [4.69, 9.17) is 4.74 Å². The zero-order valence-corrected chi connectivity index (χ0v) is 11.2. The highest BCUT2D eigenvalue weighted by molar-refractivity contribution is 5.90. The van der Waals surface area contributed by atoms with Crippen LogP contribution in [0, 0.1) is 0 Å². The topological polar surface area (TPSA) is 41.9 Å². The zero-order chi connectivity index (χ0) is 13.7. The molecule has 0 bridgehead atoms. The van der Waals surface area contributed by atoms with E-state index in [1.807, 2.05) is 23.1 Å². The van der Waals surface area contributed by atoms with E-state index in [1.165, 1.54) is 5.56 Å². The first-order valence-corrected chi connectivity index (χ1v) is 6.42. The molecule has 2 rings (SSSR count). The van der Waals surface area contributed by atoms with Gasteiger partial charge in [0.05, 0.1) is 31.1 Å². The van der Waals surface area contributed by atoms with Crippen molar-refractivity contribution in [2.45, 2.75) is 19.9 Å². The van der Waals surface area contributed by atoms with Gasteiger partial charge in [-0.05, 0) is 19.4 Å². The van der Waals surface area contributed by atoms with Crippen LogP contribution in [0.5, 0.6) is 0 Å². The summed E-state index contributed by atoms with van der Waals surface area (Å²) in [5.41, 5.74) is 1.78. The molecule has 1 heterocycles. The van der Waals surface area contributed by atoms with Crippen LogP contribution in [0.2, 0.25) is 0 Å². The minimum absolute atomic E-state index is 0.170. The molecule has 1 aromatic rings. The second-order valence-electron chi connectivity index (χ2n) is 4.40. The number of ether oxygens (including phenoxy) is 1. The average Bonchev–Trinajstić information content (AvgIpc) is 2.48. The van der Waals surface area contributed by atoms with Crippen LogP contribution in [0.1, 0.15) is 25.5 Å². The van der Waals surface area contributed by atoms with E-state index in [1.54, 1.807) is 19.5 Å². The van der Waals surface area contributed by atoms with Crippen molar-refractivity contribution in [1.29, 1.82) is 0 Å². The Balaban J connectivity index is 2.06. The molecule has 4 nitrogen and oxygen atoms in total. The minimum Gasteiger partial charge on any atom is -0.463 e. The highest BCUT2D eigenvalue weighted by Gasteiger charge is 2.20. The number of hydrogen-bond donors (Lipinski definition) is 0. The fourth-order valence-corrected chi connectivity index (χ4v) is 1.99. The van der Waals surface area contributed by atoms with Gasteiger partial charge in [-0.3, -0.25) is 0 Å². The second-order valence-corrected chi connectivity index (χ2v) is 4.40. The van der Waals surface area contributed by atoms with Gasteiger partial charge in [0.2, 0.25) is 0 Å². The normalized spacial score (nSPS) is 15.9. The summed E-state index contributed by atoms with van der Waals surface area (Å²) in [6.07, 6.45) is 3.34. The summed E-state index contributed by atoms with van der Waals surface area (Å²) in [5, 5.41) is 0. The van der Waals surface area contributed by atoms with Crippen LogP contribution in [0.25, 0.3) is 0 Å². The van der Waals surface area contributed by atoms with Gasteiger partial charge in [-0.2, -0.15) is 0 Å². The van der Waals surface area contributed by atoms with Crippen LogP contribution in [0.3, 0.4) is 0 Å². The SMILES string of the molecule is CCOC(=O)C1=CN=CN([C@H](C)c2ccccc2)C1. The van der Waals surface area contributed by atoms with Crippen LogP contribution < -0.4 is 0 Å². The molecule has 0 spiro atoms. The minimum atomic E-state index is -0.287. The number of benzene rings is 1. The van der Waals surface area contributed by atoms with E-state index in [9.17, 15) is 4.79 Å². The molecule has 1 aromatic carbocycles.